The summed E-state index contributed by atoms with van der Waals surface area (Å²) in [5.74, 6) is -1.34. The van der Waals surface area contributed by atoms with Gasteiger partial charge in [-0.2, -0.15) is 0 Å². The van der Waals surface area contributed by atoms with Crippen molar-refractivity contribution in [2.24, 2.45) is 5.92 Å². The summed E-state index contributed by atoms with van der Waals surface area (Å²) in [6.07, 6.45) is 55.3. The van der Waals surface area contributed by atoms with Gasteiger partial charge in [-0.1, -0.05) is 336 Å². The minimum atomic E-state index is -4.95. The van der Waals surface area contributed by atoms with Crippen molar-refractivity contribution in [3.05, 3.63) is 0 Å². The van der Waals surface area contributed by atoms with E-state index in [1.54, 1.807) is 0 Å². The Morgan fingerprint density at radius 1 is 0.301 bits per heavy atom. The standard InChI is InChI=1S/C74H144O17P2/c1-6-10-13-16-19-22-25-28-29-30-31-32-35-38-45-50-55-60-74(79)91-70(64-85-72(77)58-53-48-43-40-39-41-46-51-56-67(5)9-4)66-89-93(82,83)87-62-68(75)61-86-92(80,81)88-65-69(90-73(78)59-54-49-44-37-34-27-24-21-18-15-12-8-3)63-84-71(76)57-52-47-42-36-33-26-23-20-17-14-11-7-2/h67-70,75H,6-66H2,1-5H3,(H,80,81)(H,82,83)/t67?,68-,69+,70+/m0/s1. The molecule has 0 aromatic rings. The molecule has 0 saturated carbocycles. The van der Waals surface area contributed by atoms with Gasteiger partial charge in [-0.05, 0) is 31.6 Å². The first-order chi connectivity index (χ1) is 45.1. The smallest absolute Gasteiger partial charge is 0.462 e. The van der Waals surface area contributed by atoms with Crippen molar-refractivity contribution in [3.63, 3.8) is 0 Å². The highest BCUT2D eigenvalue weighted by atomic mass is 31.2. The Labute approximate surface area is 568 Å². The fourth-order valence-electron chi connectivity index (χ4n) is 11.3. The number of unbranched alkanes of at least 4 members (excludes halogenated alkanes) is 45. The van der Waals surface area contributed by atoms with Gasteiger partial charge in [0.2, 0.25) is 0 Å². The average Bonchev–Trinajstić information content (AvgIpc) is 2.01. The molecule has 17 nitrogen and oxygen atoms in total. The molecule has 0 aromatic carbocycles. The van der Waals surface area contributed by atoms with Gasteiger partial charge >= 0.3 is 39.5 Å². The average molecular weight is 1370 g/mol. The predicted octanol–water partition coefficient (Wildman–Crippen LogP) is 21.7. The second-order valence-electron chi connectivity index (χ2n) is 26.9. The van der Waals surface area contributed by atoms with Crippen LogP contribution in [-0.4, -0.2) is 96.7 Å². The topological polar surface area (TPSA) is 237 Å². The number of ether oxygens (including phenoxy) is 4. The van der Waals surface area contributed by atoms with Crippen LogP contribution < -0.4 is 0 Å². The number of phosphoric ester groups is 2. The molecule has 0 saturated heterocycles. The monoisotopic (exact) mass is 1370 g/mol. The molecule has 93 heavy (non-hydrogen) atoms. The predicted molar refractivity (Wildman–Crippen MR) is 377 cm³/mol. The van der Waals surface area contributed by atoms with Crippen molar-refractivity contribution < 1.29 is 80.2 Å². The number of rotatable bonds is 74. The van der Waals surface area contributed by atoms with E-state index in [-0.39, 0.29) is 25.7 Å². The summed E-state index contributed by atoms with van der Waals surface area (Å²) in [5, 5.41) is 10.6. The van der Waals surface area contributed by atoms with Gasteiger partial charge < -0.3 is 33.8 Å². The molecule has 0 rings (SSSR count). The van der Waals surface area contributed by atoms with Crippen LogP contribution in [0.5, 0.6) is 0 Å². The second-order valence-corrected chi connectivity index (χ2v) is 29.8. The molecule has 0 aliphatic rings. The van der Waals surface area contributed by atoms with Crippen LogP contribution in [0.1, 0.15) is 388 Å². The molecule has 0 spiro atoms. The number of aliphatic hydroxyl groups is 1. The highest BCUT2D eigenvalue weighted by molar-refractivity contribution is 7.47. The van der Waals surface area contributed by atoms with Crippen molar-refractivity contribution in [2.75, 3.05) is 39.6 Å². The van der Waals surface area contributed by atoms with Crippen molar-refractivity contribution in [3.8, 4) is 0 Å². The molecule has 0 radical (unpaired) electrons. The number of carbonyl (C=O) groups excluding carboxylic acids is 4. The Morgan fingerprint density at radius 2 is 0.516 bits per heavy atom. The minimum absolute atomic E-state index is 0.108. The molecular weight excluding hydrogens is 1220 g/mol. The fourth-order valence-corrected chi connectivity index (χ4v) is 12.9. The van der Waals surface area contributed by atoms with Gasteiger partial charge in [-0.3, -0.25) is 37.3 Å². The molecule has 19 heteroatoms. The van der Waals surface area contributed by atoms with Crippen LogP contribution in [0.3, 0.4) is 0 Å². The lowest BCUT2D eigenvalue weighted by atomic mass is 9.99. The SMILES string of the molecule is CCCCCCCCCCCCCCCCCCCC(=O)O[C@H](COC(=O)CCCCCCCCCCC(C)CC)COP(=O)(O)OC[C@@H](O)COP(=O)(O)OC[C@@H](COC(=O)CCCCCCCCCCCCCC)OC(=O)CCCCCCCCCCCCCC. The van der Waals surface area contributed by atoms with E-state index < -0.39 is 97.5 Å². The Bertz CT molecular complexity index is 1790. The van der Waals surface area contributed by atoms with Crippen molar-refractivity contribution in [1.82, 2.24) is 0 Å². The summed E-state index contributed by atoms with van der Waals surface area (Å²) in [6.45, 7) is 7.29. The zero-order valence-electron chi connectivity index (χ0n) is 60.4. The number of phosphoric acid groups is 2. The van der Waals surface area contributed by atoms with Gasteiger partial charge in [-0.25, -0.2) is 9.13 Å². The summed E-state index contributed by atoms with van der Waals surface area (Å²) >= 11 is 0. The zero-order valence-corrected chi connectivity index (χ0v) is 62.2. The quantitative estimate of drug-likeness (QED) is 0.0222. The van der Waals surface area contributed by atoms with Gasteiger partial charge in [0.05, 0.1) is 26.4 Å². The van der Waals surface area contributed by atoms with Gasteiger partial charge in [0.15, 0.2) is 12.2 Å². The second kappa shape index (κ2) is 67.3. The highest BCUT2D eigenvalue weighted by Crippen LogP contribution is 2.45. The van der Waals surface area contributed by atoms with Crippen molar-refractivity contribution in [1.29, 1.82) is 0 Å². The van der Waals surface area contributed by atoms with E-state index in [0.29, 0.717) is 25.7 Å². The molecule has 3 unspecified atom stereocenters. The van der Waals surface area contributed by atoms with Crippen LogP contribution in [-0.2, 0) is 65.4 Å². The lowest BCUT2D eigenvalue weighted by molar-refractivity contribution is -0.161. The molecule has 0 aliphatic heterocycles. The third kappa shape index (κ3) is 67.0. The van der Waals surface area contributed by atoms with Crippen LogP contribution in [0.2, 0.25) is 0 Å². The number of aliphatic hydroxyl groups excluding tert-OH is 1. The molecule has 0 aliphatic carbocycles. The summed E-state index contributed by atoms with van der Waals surface area (Å²) in [6, 6.07) is 0. The highest BCUT2D eigenvalue weighted by Gasteiger charge is 2.30. The first kappa shape index (κ1) is 91.1. The molecular formula is C74H144O17P2. The lowest BCUT2D eigenvalue weighted by Gasteiger charge is -2.21. The summed E-state index contributed by atoms with van der Waals surface area (Å²) in [7, 11) is -9.91. The Morgan fingerprint density at radius 3 is 0.763 bits per heavy atom. The van der Waals surface area contributed by atoms with E-state index in [0.717, 1.165) is 95.8 Å². The summed E-state index contributed by atoms with van der Waals surface area (Å²) in [5.41, 5.74) is 0. The normalized spacial score (nSPS) is 14.3. The van der Waals surface area contributed by atoms with Gasteiger partial charge in [-0.15, -0.1) is 0 Å². The van der Waals surface area contributed by atoms with E-state index in [4.69, 9.17) is 37.0 Å². The Balaban J connectivity index is 5.25. The van der Waals surface area contributed by atoms with Crippen LogP contribution in [0.25, 0.3) is 0 Å². The van der Waals surface area contributed by atoms with E-state index in [1.165, 1.54) is 212 Å². The number of esters is 4. The molecule has 0 fully saturated rings. The molecule has 0 bridgehead atoms. The number of carbonyl (C=O) groups is 4. The van der Waals surface area contributed by atoms with E-state index in [9.17, 15) is 43.2 Å². The fraction of sp³-hybridized carbons (Fsp3) is 0.946. The maximum absolute atomic E-state index is 13.1. The maximum Gasteiger partial charge on any atom is 0.472 e. The molecule has 0 heterocycles. The summed E-state index contributed by atoms with van der Waals surface area (Å²) < 4.78 is 68.5. The number of hydrogen-bond acceptors (Lipinski definition) is 15. The van der Waals surface area contributed by atoms with Crippen molar-refractivity contribution >= 4 is 39.5 Å². The minimum Gasteiger partial charge on any atom is -0.462 e. The molecule has 0 aromatic heterocycles. The first-order valence-corrected chi connectivity index (χ1v) is 41.7. The van der Waals surface area contributed by atoms with Crippen LogP contribution in [0.15, 0.2) is 0 Å². The molecule has 0 amide bonds. The lowest BCUT2D eigenvalue weighted by Crippen LogP contribution is -2.30. The van der Waals surface area contributed by atoms with E-state index in [2.05, 4.69) is 34.6 Å². The third-order valence-corrected chi connectivity index (χ3v) is 19.5. The molecule has 552 valence electrons. The van der Waals surface area contributed by atoms with E-state index >= 15 is 0 Å². The first-order valence-electron chi connectivity index (χ1n) is 38.7. The van der Waals surface area contributed by atoms with Gasteiger partial charge in [0.25, 0.3) is 0 Å². The van der Waals surface area contributed by atoms with Crippen LogP contribution >= 0.6 is 15.6 Å². The number of hydrogen-bond donors (Lipinski definition) is 3. The van der Waals surface area contributed by atoms with E-state index in [1.807, 2.05) is 0 Å². The van der Waals surface area contributed by atoms with Crippen LogP contribution in [0, 0.1) is 5.92 Å². The maximum atomic E-state index is 13.1. The Kier molecular flexibility index (Phi) is 65.9. The van der Waals surface area contributed by atoms with Gasteiger partial charge in [0, 0.05) is 25.7 Å². The summed E-state index contributed by atoms with van der Waals surface area (Å²) in [4.78, 5) is 72.7. The Hall–Kier alpha value is -1.94. The largest absolute Gasteiger partial charge is 0.472 e. The molecule has 3 N–H and O–H groups in total. The van der Waals surface area contributed by atoms with Crippen molar-refractivity contribution in [2.45, 2.75) is 406 Å². The zero-order chi connectivity index (χ0) is 68.4. The van der Waals surface area contributed by atoms with Gasteiger partial charge in [0.1, 0.15) is 19.3 Å². The van der Waals surface area contributed by atoms with Crippen LogP contribution in [0.4, 0.5) is 0 Å². The molecule has 6 atom stereocenters. The third-order valence-electron chi connectivity index (χ3n) is 17.6.